The molecule has 4 nitrogen and oxygen atoms in total. The number of aryl methyl sites for hydroxylation is 1. The highest BCUT2D eigenvalue weighted by Crippen LogP contribution is 2.21. The molecule has 0 N–H and O–H groups in total. The Bertz CT molecular complexity index is 487. The Morgan fingerprint density at radius 2 is 2.00 bits per heavy atom. The van der Waals surface area contributed by atoms with Crippen molar-refractivity contribution >= 4 is 11.6 Å². The van der Waals surface area contributed by atoms with E-state index in [2.05, 4.69) is 15.0 Å². The van der Waals surface area contributed by atoms with E-state index in [1.807, 2.05) is 7.05 Å². The van der Waals surface area contributed by atoms with Crippen LogP contribution in [0.3, 0.4) is 0 Å². The monoisotopic (exact) mass is 218 g/mol. The van der Waals surface area contributed by atoms with Crippen LogP contribution in [0.5, 0.6) is 0 Å². The highest BCUT2D eigenvalue weighted by Gasteiger charge is 2.09. The molecule has 0 aliphatic rings. The summed E-state index contributed by atoms with van der Waals surface area (Å²) in [5, 5.41) is 0. The number of hydrogen-bond acceptors (Lipinski definition) is 4. The summed E-state index contributed by atoms with van der Waals surface area (Å²) in [6, 6.07) is 1.44. The lowest BCUT2D eigenvalue weighted by atomic mass is 10.2. The zero-order valence-corrected chi connectivity index (χ0v) is 9.05. The fourth-order valence-corrected chi connectivity index (χ4v) is 1.46. The molecule has 2 aromatic rings. The van der Waals surface area contributed by atoms with Crippen LogP contribution in [0, 0.1) is 12.7 Å². The maximum absolute atomic E-state index is 12.9. The van der Waals surface area contributed by atoms with Gasteiger partial charge >= 0.3 is 0 Å². The molecule has 0 spiro atoms. The van der Waals surface area contributed by atoms with Gasteiger partial charge in [-0.25, -0.2) is 14.4 Å². The molecule has 0 aliphatic heterocycles. The Morgan fingerprint density at radius 3 is 2.62 bits per heavy atom. The van der Waals surface area contributed by atoms with Crippen molar-refractivity contribution < 1.29 is 4.39 Å². The fourth-order valence-electron chi connectivity index (χ4n) is 1.46. The molecule has 0 bridgehead atoms. The average Bonchev–Trinajstić information content (AvgIpc) is 2.29. The third kappa shape index (κ3) is 1.98. The first kappa shape index (κ1) is 10.5. The standard InChI is InChI=1S/C11H11FN4/c1-8-5-9(12)6-15-11(8)16(2)10-7-13-3-4-14-10/h3-7H,1-2H3. The molecular formula is C11H11FN4. The number of hydrogen-bond donors (Lipinski definition) is 0. The van der Waals surface area contributed by atoms with Crippen LogP contribution in [-0.2, 0) is 0 Å². The molecule has 2 rings (SSSR count). The van der Waals surface area contributed by atoms with Crippen molar-refractivity contribution in [2.45, 2.75) is 6.92 Å². The molecule has 0 amide bonds. The molecule has 0 aliphatic carbocycles. The van der Waals surface area contributed by atoms with Crippen LogP contribution < -0.4 is 4.90 Å². The highest BCUT2D eigenvalue weighted by atomic mass is 19.1. The molecule has 2 heterocycles. The average molecular weight is 218 g/mol. The molecule has 2 aromatic heterocycles. The predicted octanol–water partition coefficient (Wildman–Crippen LogP) is 2.09. The number of anilines is 2. The zero-order valence-electron chi connectivity index (χ0n) is 9.05. The maximum atomic E-state index is 12.9. The van der Waals surface area contributed by atoms with Crippen molar-refractivity contribution in [1.82, 2.24) is 15.0 Å². The topological polar surface area (TPSA) is 41.9 Å². The lowest BCUT2D eigenvalue weighted by Crippen LogP contribution is -2.14. The van der Waals surface area contributed by atoms with Crippen molar-refractivity contribution in [3.05, 3.63) is 42.2 Å². The summed E-state index contributed by atoms with van der Waals surface area (Å²) in [6.07, 6.45) is 6.02. The van der Waals surface area contributed by atoms with E-state index in [9.17, 15) is 4.39 Å². The summed E-state index contributed by atoms with van der Waals surface area (Å²) in [4.78, 5) is 13.9. The molecule has 16 heavy (non-hydrogen) atoms. The smallest absolute Gasteiger partial charge is 0.152 e. The Labute approximate surface area is 92.8 Å². The molecule has 0 fully saturated rings. The van der Waals surface area contributed by atoms with Gasteiger partial charge in [0.15, 0.2) is 5.82 Å². The first-order valence-electron chi connectivity index (χ1n) is 4.80. The van der Waals surface area contributed by atoms with Gasteiger partial charge < -0.3 is 4.90 Å². The summed E-state index contributed by atoms with van der Waals surface area (Å²) in [5.41, 5.74) is 0.758. The first-order valence-corrected chi connectivity index (χ1v) is 4.80. The van der Waals surface area contributed by atoms with Crippen LogP contribution in [0.4, 0.5) is 16.0 Å². The van der Waals surface area contributed by atoms with Gasteiger partial charge in [-0.05, 0) is 18.6 Å². The first-order chi connectivity index (χ1) is 7.68. The summed E-state index contributed by atoms with van der Waals surface area (Å²) >= 11 is 0. The second-order valence-corrected chi connectivity index (χ2v) is 3.42. The van der Waals surface area contributed by atoms with Crippen LogP contribution >= 0.6 is 0 Å². The lowest BCUT2D eigenvalue weighted by molar-refractivity contribution is 0.620. The van der Waals surface area contributed by atoms with Crippen molar-refractivity contribution in [2.75, 3.05) is 11.9 Å². The number of aromatic nitrogens is 3. The summed E-state index contributed by atoms with van der Waals surface area (Å²) < 4.78 is 12.9. The van der Waals surface area contributed by atoms with Gasteiger partial charge in [-0.3, -0.25) is 4.98 Å². The molecular weight excluding hydrogens is 207 g/mol. The summed E-state index contributed by atoms with van der Waals surface area (Å²) in [5.74, 6) is 1.00. The highest BCUT2D eigenvalue weighted by molar-refractivity contribution is 5.57. The Morgan fingerprint density at radius 1 is 1.19 bits per heavy atom. The minimum Gasteiger partial charge on any atom is -0.313 e. The Balaban J connectivity index is 2.38. The largest absolute Gasteiger partial charge is 0.313 e. The minimum atomic E-state index is -0.339. The number of rotatable bonds is 2. The third-order valence-electron chi connectivity index (χ3n) is 2.23. The van der Waals surface area contributed by atoms with Crippen LogP contribution in [0.25, 0.3) is 0 Å². The van der Waals surface area contributed by atoms with E-state index in [1.54, 1.807) is 30.4 Å². The van der Waals surface area contributed by atoms with Gasteiger partial charge in [-0.15, -0.1) is 0 Å². The molecule has 0 saturated heterocycles. The minimum absolute atomic E-state index is 0.339. The van der Waals surface area contributed by atoms with E-state index in [0.29, 0.717) is 11.6 Å². The second-order valence-electron chi connectivity index (χ2n) is 3.42. The van der Waals surface area contributed by atoms with E-state index in [1.165, 1.54) is 12.3 Å². The number of nitrogens with zero attached hydrogens (tertiary/aromatic N) is 4. The lowest BCUT2D eigenvalue weighted by Gasteiger charge is -2.18. The summed E-state index contributed by atoms with van der Waals surface area (Å²) in [6.45, 7) is 1.80. The van der Waals surface area contributed by atoms with Gasteiger partial charge in [0.05, 0.1) is 12.4 Å². The maximum Gasteiger partial charge on any atom is 0.152 e. The molecule has 0 atom stereocenters. The van der Waals surface area contributed by atoms with E-state index in [4.69, 9.17) is 0 Å². The molecule has 82 valence electrons. The Kier molecular flexibility index (Phi) is 2.76. The predicted molar refractivity (Wildman–Crippen MR) is 59.0 cm³/mol. The normalized spacial score (nSPS) is 10.2. The van der Waals surface area contributed by atoms with Crippen LogP contribution in [-0.4, -0.2) is 22.0 Å². The van der Waals surface area contributed by atoms with Crippen molar-refractivity contribution in [2.24, 2.45) is 0 Å². The number of pyridine rings is 1. The van der Waals surface area contributed by atoms with E-state index in [0.717, 1.165) is 5.56 Å². The molecule has 5 heteroatoms. The molecule has 0 aromatic carbocycles. The molecule has 0 radical (unpaired) electrons. The number of halogens is 1. The SMILES string of the molecule is Cc1cc(F)cnc1N(C)c1cnccn1. The van der Waals surface area contributed by atoms with E-state index in [-0.39, 0.29) is 5.82 Å². The van der Waals surface area contributed by atoms with Crippen LogP contribution in [0.1, 0.15) is 5.56 Å². The zero-order chi connectivity index (χ0) is 11.5. The molecule has 0 unspecified atom stereocenters. The quantitative estimate of drug-likeness (QED) is 0.774. The van der Waals surface area contributed by atoms with Crippen molar-refractivity contribution in [3.63, 3.8) is 0 Å². The van der Waals surface area contributed by atoms with Gasteiger partial charge in [-0.2, -0.15) is 0 Å². The van der Waals surface area contributed by atoms with Crippen LogP contribution in [0.15, 0.2) is 30.9 Å². The van der Waals surface area contributed by atoms with E-state index >= 15 is 0 Å². The third-order valence-corrected chi connectivity index (χ3v) is 2.23. The van der Waals surface area contributed by atoms with Gasteiger partial charge in [0.1, 0.15) is 11.6 Å². The van der Waals surface area contributed by atoms with Gasteiger partial charge in [0.2, 0.25) is 0 Å². The van der Waals surface area contributed by atoms with Crippen molar-refractivity contribution in [3.8, 4) is 0 Å². The van der Waals surface area contributed by atoms with Crippen LogP contribution in [0.2, 0.25) is 0 Å². The Hall–Kier alpha value is -2.04. The van der Waals surface area contributed by atoms with Crippen molar-refractivity contribution in [1.29, 1.82) is 0 Å². The van der Waals surface area contributed by atoms with Gasteiger partial charge in [-0.1, -0.05) is 0 Å². The second kappa shape index (κ2) is 4.22. The summed E-state index contributed by atoms with van der Waals surface area (Å²) in [7, 11) is 1.82. The fraction of sp³-hybridized carbons (Fsp3) is 0.182. The molecule has 0 saturated carbocycles. The van der Waals surface area contributed by atoms with Gasteiger partial charge in [0, 0.05) is 19.4 Å². The van der Waals surface area contributed by atoms with Gasteiger partial charge in [0.25, 0.3) is 0 Å². The van der Waals surface area contributed by atoms with E-state index < -0.39 is 0 Å².